The minimum atomic E-state index is 0.188. The van der Waals surface area contributed by atoms with Crippen molar-refractivity contribution in [3.63, 3.8) is 0 Å². The van der Waals surface area contributed by atoms with Crippen molar-refractivity contribution in [3.8, 4) is 0 Å². The highest BCUT2D eigenvalue weighted by Gasteiger charge is 2.25. The number of H-pyrrole nitrogens is 1. The van der Waals surface area contributed by atoms with Crippen LogP contribution in [0.25, 0.3) is 0 Å². The first-order valence-electron chi connectivity index (χ1n) is 9.46. The van der Waals surface area contributed by atoms with Crippen LogP contribution in [0.4, 0.5) is 5.82 Å². The van der Waals surface area contributed by atoms with Crippen molar-refractivity contribution < 1.29 is 4.79 Å². The Labute approximate surface area is 153 Å². The van der Waals surface area contributed by atoms with E-state index in [1.165, 1.54) is 29.7 Å². The van der Waals surface area contributed by atoms with Crippen molar-refractivity contribution in [3.05, 3.63) is 34.5 Å². The Morgan fingerprint density at radius 1 is 1.19 bits per heavy atom. The third-order valence-electron chi connectivity index (χ3n) is 5.48. The molecule has 1 N–H and O–H groups in total. The summed E-state index contributed by atoms with van der Waals surface area (Å²) in [6.07, 6.45) is 8.29. The Kier molecular flexibility index (Phi) is 4.61. The van der Waals surface area contributed by atoms with Crippen molar-refractivity contribution >= 4 is 11.7 Å². The van der Waals surface area contributed by atoms with Crippen LogP contribution in [0.5, 0.6) is 0 Å². The molecule has 2 aliphatic rings. The van der Waals surface area contributed by atoms with Crippen LogP contribution in [0.3, 0.4) is 0 Å². The summed E-state index contributed by atoms with van der Waals surface area (Å²) in [5.74, 6) is 1.15. The predicted octanol–water partition coefficient (Wildman–Crippen LogP) is 1.66. The molecule has 26 heavy (non-hydrogen) atoms. The van der Waals surface area contributed by atoms with Crippen LogP contribution in [-0.4, -0.2) is 51.6 Å². The van der Waals surface area contributed by atoms with Gasteiger partial charge in [-0.15, -0.1) is 0 Å². The molecule has 0 spiro atoms. The maximum atomic E-state index is 12.7. The molecule has 1 amide bonds. The molecule has 4 rings (SSSR count). The SMILES string of the molecule is CN(C)c1ncnc2c1CCN(C(=O)CCc1n[nH]c3c1CCCC3)C2. The van der Waals surface area contributed by atoms with Crippen LogP contribution in [0.1, 0.15) is 47.5 Å². The van der Waals surface area contributed by atoms with Crippen LogP contribution >= 0.6 is 0 Å². The van der Waals surface area contributed by atoms with E-state index in [9.17, 15) is 4.79 Å². The summed E-state index contributed by atoms with van der Waals surface area (Å²) in [6, 6.07) is 0. The molecule has 7 nitrogen and oxygen atoms in total. The second-order valence-corrected chi connectivity index (χ2v) is 7.42. The van der Waals surface area contributed by atoms with Gasteiger partial charge in [-0.3, -0.25) is 9.89 Å². The Morgan fingerprint density at radius 3 is 2.88 bits per heavy atom. The number of carbonyl (C=O) groups is 1. The normalized spacial score (nSPS) is 16.2. The van der Waals surface area contributed by atoms with Gasteiger partial charge in [0.05, 0.1) is 17.9 Å². The average molecular weight is 354 g/mol. The monoisotopic (exact) mass is 354 g/mol. The van der Waals surface area contributed by atoms with Crippen LogP contribution in [0.2, 0.25) is 0 Å². The molecule has 0 atom stereocenters. The number of anilines is 1. The lowest BCUT2D eigenvalue weighted by molar-refractivity contribution is -0.132. The second-order valence-electron chi connectivity index (χ2n) is 7.42. The molecule has 0 aromatic carbocycles. The molecule has 138 valence electrons. The van der Waals surface area contributed by atoms with Gasteiger partial charge in [-0.25, -0.2) is 9.97 Å². The van der Waals surface area contributed by atoms with Crippen LogP contribution in [-0.2, 0) is 37.0 Å². The first-order chi connectivity index (χ1) is 12.6. The van der Waals surface area contributed by atoms with Gasteiger partial charge in [-0.2, -0.15) is 5.10 Å². The number of carbonyl (C=O) groups excluding carboxylic acids is 1. The van der Waals surface area contributed by atoms with Crippen molar-refractivity contribution in [1.82, 2.24) is 25.1 Å². The van der Waals surface area contributed by atoms with Crippen LogP contribution in [0, 0.1) is 0 Å². The highest BCUT2D eigenvalue weighted by Crippen LogP contribution is 2.26. The number of hydrogen-bond donors (Lipinski definition) is 1. The first kappa shape index (κ1) is 17.0. The van der Waals surface area contributed by atoms with Gasteiger partial charge < -0.3 is 9.80 Å². The van der Waals surface area contributed by atoms with E-state index in [1.807, 2.05) is 23.9 Å². The molecular weight excluding hydrogens is 328 g/mol. The smallest absolute Gasteiger partial charge is 0.223 e. The third-order valence-corrected chi connectivity index (χ3v) is 5.48. The van der Waals surface area contributed by atoms with E-state index in [0.717, 1.165) is 49.4 Å². The van der Waals surface area contributed by atoms with Crippen molar-refractivity contribution in [1.29, 1.82) is 0 Å². The van der Waals surface area contributed by atoms with Gasteiger partial charge in [0.25, 0.3) is 0 Å². The predicted molar refractivity (Wildman–Crippen MR) is 99.0 cm³/mol. The molecule has 2 aromatic heterocycles. The molecule has 0 saturated carbocycles. The molecule has 3 heterocycles. The fourth-order valence-corrected chi connectivity index (χ4v) is 4.08. The van der Waals surface area contributed by atoms with E-state index in [0.29, 0.717) is 13.0 Å². The van der Waals surface area contributed by atoms with Gasteiger partial charge in [-0.05, 0) is 37.7 Å². The summed E-state index contributed by atoms with van der Waals surface area (Å²) < 4.78 is 0. The number of hydrogen-bond acceptors (Lipinski definition) is 5. The van der Waals surface area contributed by atoms with Crippen molar-refractivity contribution in [2.24, 2.45) is 0 Å². The Bertz CT molecular complexity index is 812. The number of amides is 1. The number of nitrogens with one attached hydrogen (secondary N) is 1. The molecule has 0 saturated heterocycles. The summed E-state index contributed by atoms with van der Waals surface area (Å²) in [4.78, 5) is 25.4. The molecule has 0 fully saturated rings. The van der Waals surface area contributed by atoms with Crippen LogP contribution < -0.4 is 4.90 Å². The van der Waals surface area contributed by atoms with Crippen LogP contribution in [0.15, 0.2) is 6.33 Å². The number of fused-ring (bicyclic) bond motifs is 2. The van der Waals surface area contributed by atoms with E-state index in [2.05, 4.69) is 20.2 Å². The number of rotatable bonds is 4. The van der Waals surface area contributed by atoms with Crippen molar-refractivity contribution in [2.75, 3.05) is 25.5 Å². The van der Waals surface area contributed by atoms with E-state index >= 15 is 0 Å². The minimum Gasteiger partial charge on any atom is -0.362 e. The quantitative estimate of drug-likeness (QED) is 0.903. The van der Waals surface area contributed by atoms with E-state index in [1.54, 1.807) is 6.33 Å². The number of nitrogens with zero attached hydrogens (tertiary/aromatic N) is 5. The maximum Gasteiger partial charge on any atom is 0.223 e. The van der Waals surface area contributed by atoms with E-state index < -0.39 is 0 Å². The van der Waals surface area contributed by atoms with E-state index in [4.69, 9.17) is 0 Å². The van der Waals surface area contributed by atoms with Crippen molar-refractivity contribution in [2.45, 2.75) is 51.5 Å². The molecular formula is C19H26N6O. The molecule has 7 heteroatoms. The lowest BCUT2D eigenvalue weighted by atomic mass is 9.94. The Balaban J connectivity index is 1.41. The zero-order valence-electron chi connectivity index (χ0n) is 15.6. The minimum absolute atomic E-state index is 0.188. The van der Waals surface area contributed by atoms with Gasteiger partial charge in [0.1, 0.15) is 12.1 Å². The zero-order valence-corrected chi connectivity index (χ0v) is 15.6. The number of aryl methyl sites for hydroxylation is 2. The van der Waals surface area contributed by atoms with Gasteiger partial charge in [0.15, 0.2) is 0 Å². The highest BCUT2D eigenvalue weighted by molar-refractivity contribution is 5.77. The zero-order chi connectivity index (χ0) is 18.1. The van der Waals surface area contributed by atoms with Gasteiger partial charge in [0.2, 0.25) is 5.91 Å². The number of aromatic nitrogens is 4. The lowest BCUT2D eigenvalue weighted by Crippen LogP contribution is -2.37. The van der Waals surface area contributed by atoms with E-state index in [-0.39, 0.29) is 5.91 Å². The summed E-state index contributed by atoms with van der Waals surface area (Å²) >= 11 is 0. The second kappa shape index (κ2) is 7.05. The highest BCUT2D eigenvalue weighted by atomic mass is 16.2. The average Bonchev–Trinajstić information content (AvgIpc) is 3.08. The summed E-state index contributed by atoms with van der Waals surface area (Å²) in [5, 5.41) is 7.62. The summed E-state index contributed by atoms with van der Waals surface area (Å²) in [7, 11) is 3.98. The summed E-state index contributed by atoms with van der Waals surface area (Å²) in [6.45, 7) is 1.31. The fraction of sp³-hybridized carbons (Fsp3) is 0.579. The maximum absolute atomic E-state index is 12.7. The van der Waals surface area contributed by atoms with Gasteiger partial charge >= 0.3 is 0 Å². The Hall–Kier alpha value is -2.44. The first-order valence-corrected chi connectivity index (χ1v) is 9.46. The topological polar surface area (TPSA) is 78.0 Å². The Morgan fingerprint density at radius 2 is 2.04 bits per heavy atom. The fourth-order valence-electron chi connectivity index (χ4n) is 4.08. The molecule has 1 aliphatic carbocycles. The molecule has 0 unspecified atom stereocenters. The molecule has 2 aromatic rings. The van der Waals surface area contributed by atoms with Gasteiger partial charge in [-0.1, -0.05) is 0 Å². The van der Waals surface area contributed by atoms with Gasteiger partial charge in [0, 0.05) is 44.7 Å². The largest absolute Gasteiger partial charge is 0.362 e. The molecule has 1 aliphatic heterocycles. The lowest BCUT2D eigenvalue weighted by Gasteiger charge is -2.30. The summed E-state index contributed by atoms with van der Waals surface area (Å²) in [5.41, 5.74) is 5.86. The number of aromatic amines is 1. The molecule has 0 radical (unpaired) electrons. The third kappa shape index (κ3) is 3.18. The molecule has 0 bridgehead atoms. The standard InChI is InChI=1S/C19H26N6O/c1-24(2)19-14-9-10-25(11-17(14)20-12-21-19)18(26)8-7-16-13-5-3-4-6-15(13)22-23-16/h12H,3-11H2,1-2H3,(H,22,23).